The lowest BCUT2D eigenvalue weighted by atomic mass is 10.2. The van der Waals surface area contributed by atoms with Crippen LogP contribution in [-0.4, -0.2) is 37.2 Å². The van der Waals surface area contributed by atoms with Crippen molar-refractivity contribution >= 4 is 40.0 Å². The van der Waals surface area contributed by atoms with Gasteiger partial charge in [0.2, 0.25) is 5.95 Å². The molecule has 0 saturated carbocycles. The van der Waals surface area contributed by atoms with E-state index in [4.69, 9.17) is 25.7 Å². The number of rotatable bonds is 8. The topological polar surface area (TPSA) is 54.6 Å². The molecule has 1 aromatic carbocycles. The van der Waals surface area contributed by atoms with Gasteiger partial charge >= 0.3 is 0 Å². The number of furan rings is 1. The maximum atomic E-state index is 6.45. The van der Waals surface area contributed by atoms with Crippen molar-refractivity contribution in [1.82, 2.24) is 9.97 Å². The molecule has 2 aromatic heterocycles. The van der Waals surface area contributed by atoms with Crippen molar-refractivity contribution in [3.8, 4) is 5.75 Å². The van der Waals surface area contributed by atoms with Crippen LogP contribution < -0.4 is 14.5 Å². The second kappa shape index (κ2) is 8.48. The lowest BCUT2D eigenvalue weighted by Gasteiger charge is -2.25. The average Bonchev–Trinajstić information content (AvgIpc) is 3.15. The van der Waals surface area contributed by atoms with E-state index in [1.807, 2.05) is 24.1 Å². The third-order valence-corrected chi connectivity index (χ3v) is 4.71. The van der Waals surface area contributed by atoms with Crippen molar-refractivity contribution in [3.63, 3.8) is 0 Å². The SMILES string of the molecule is CCCN(CCC)c1nc(N(C)c2ccc(OC)cc2Cl)nc2cocc12. The Kier molecular flexibility index (Phi) is 6.06. The van der Waals surface area contributed by atoms with Crippen LogP contribution in [0.1, 0.15) is 26.7 Å². The van der Waals surface area contributed by atoms with Gasteiger partial charge in [0.1, 0.15) is 29.6 Å². The molecule has 3 rings (SSSR count). The van der Waals surface area contributed by atoms with Gasteiger partial charge in [0, 0.05) is 26.2 Å². The summed E-state index contributed by atoms with van der Waals surface area (Å²) >= 11 is 6.45. The van der Waals surface area contributed by atoms with E-state index in [2.05, 4.69) is 23.7 Å². The van der Waals surface area contributed by atoms with Crippen LogP contribution in [0.4, 0.5) is 17.5 Å². The molecule has 7 heteroatoms. The molecule has 2 heterocycles. The number of methoxy groups -OCH3 is 1. The highest BCUT2D eigenvalue weighted by Gasteiger charge is 2.19. The van der Waals surface area contributed by atoms with E-state index in [1.54, 1.807) is 25.7 Å². The van der Waals surface area contributed by atoms with Crippen LogP contribution in [0.5, 0.6) is 5.75 Å². The van der Waals surface area contributed by atoms with Crippen molar-refractivity contribution in [2.75, 3.05) is 37.0 Å². The van der Waals surface area contributed by atoms with E-state index in [-0.39, 0.29) is 0 Å². The van der Waals surface area contributed by atoms with E-state index < -0.39 is 0 Å². The quantitative estimate of drug-likeness (QED) is 0.523. The molecule has 0 bridgehead atoms. The molecule has 0 unspecified atom stereocenters. The number of anilines is 3. The van der Waals surface area contributed by atoms with E-state index in [0.717, 1.165) is 48.3 Å². The summed E-state index contributed by atoms with van der Waals surface area (Å²) in [5.41, 5.74) is 1.59. The maximum absolute atomic E-state index is 6.45. The van der Waals surface area contributed by atoms with Crippen LogP contribution in [0.3, 0.4) is 0 Å². The summed E-state index contributed by atoms with van der Waals surface area (Å²) in [5.74, 6) is 2.17. The highest BCUT2D eigenvalue weighted by molar-refractivity contribution is 6.33. The van der Waals surface area contributed by atoms with Crippen molar-refractivity contribution in [1.29, 1.82) is 0 Å². The number of halogens is 1. The molecule has 6 nitrogen and oxygen atoms in total. The van der Waals surface area contributed by atoms with Crippen LogP contribution in [0.25, 0.3) is 10.9 Å². The zero-order valence-corrected chi connectivity index (χ0v) is 17.0. The Labute approximate surface area is 164 Å². The molecule has 27 heavy (non-hydrogen) atoms. The molecule has 0 aliphatic heterocycles. The van der Waals surface area contributed by atoms with Gasteiger partial charge in [-0.2, -0.15) is 4.98 Å². The first-order chi connectivity index (χ1) is 13.1. The van der Waals surface area contributed by atoms with Crippen molar-refractivity contribution < 1.29 is 9.15 Å². The van der Waals surface area contributed by atoms with E-state index >= 15 is 0 Å². The first kappa shape index (κ1) is 19.3. The highest BCUT2D eigenvalue weighted by Crippen LogP contribution is 2.34. The fourth-order valence-corrected chi connectivity index (χ4v) is 3.38. The second-order valence-corrected chi connectivity index (χ2v) is 6.79. The number of nitrogens with zero attached hydrogens (tertiary/aromatic N) is 4. The Hall–Kier alpha value is -2.47. The first-order valence-electron chi connectivity index (χ1n) is 9.15. The number of hydrogen-bond acceptors (Lipinski definition) is 6. The van der Waals surface area contributed by atoms with Gasteiger partial charge in [-0.25, -0.2) is 4.98 Å². The smallest absolute Gasteiger partial charge is 0.232 e. The van der Waals surface area contributed by atoms with E-state index in [0.29, 0.717) is 16.7 Å². The Morgan fingerprint density at radius 1 is 1.11 bits per heavy atom. The van der Waals surface area contributed by atoms with Crippen LogP contribution in [-0.2, 0) is 0 Å². The van der Waals surface area contributed by atoms with Gasteiger partial charge in [-0.05, 0) is 25.0 Å². The largest absolute Gasteiger partial charge is 0.497 e. The first-order valence-corrected chi connectivity index (χ1v) is 9.53. The molecule has 3 aromatic rings. The summed E-state index contributed by atoms with van der Waals surface area (Å²) in [6, 6.07) is 5.56. The lowest BCUT2D eigenvalue weighted by Crippen LogP contribution is -2.27. The van der Waals surface area contributed by atoms with Crippen molar-refractivity contribution in [2.45, 2.75) is 26.7 Å². The predicted octanol–water partition coefficient (Wildman–Crippen LogP) is 5.28. The van der Waals surface area contributed by atoms with Crippen LogP contribution in [0.2, 0.25) is 5.02 Å². The van der Waals surface area contributed by atoms with E-state index in [9.17, 15) is 0 Å². The van der Waals surface area contributed by atoms with Gasteiger partial charge in [0.15, 0.2) is 0 Å². The van der Waals surface area contributed by atoms with Gasteiger partial charge in [-0.1, -0.05) is 25.4 Å². The molecule has 0 aliphatic carbocycles. The Balaban J connectivity index is 2.06. The van der Waals surface area contributed by atoms with Crippen LogP contribution in [0.15, 0.2) is 35.1 Å². The maximum Gasteiger partial charge on any atom is 0.232 e. The Morgan fingerprint density at radius 3 is 2.48 bits per heavy atom. The van der Waals surface area contributed by atoms with Crippen molar-refractivity contribution in [3.05, 3.63) is 35.7 Å². The lowest BCUT2D eigenvalue weighted by molar-refractivity contribution is 0.415. The molecule has 0 spiro atoms. The minimum absolute atomic E-state index is 0.572. The van der Waals surface area contributed by atoms with Gasteiger partial charge in [0.05, 0.1) is 23.2 Å². The fourth-order valence-electron chi connectivity index (χ4n) is 3.08. The molecule has 0 fully saturated rings. The van der Waals surface area contributed by atoms with Gasteiger partial charge in [-0.15, -0.1) is 0 Å². The second-order valence-electron chi connectivity index (χ2n) is 6.38. The normalized spacial score (nSPS) is 11.0. The summed E-state index contributed by atoms with van der Waals surface area (Å²) in [5, 5.41) is 1.50. The van der Waals surface area contributed by atoms with Gasteiger partial charge in [-0.3, -0.25) is 0 Å². The summed E-state index contributed by atoms with van der Waals surface area (Å²) in [7, 11) is 3.52. The zero-order valence-electron chi connectivity index (χ0n) is 16.2. The molecule has 144 valence electrons. The summed E-state index contributed by atoms with van der Waals surface area (Å²) in [4.78, 5) is 13.7. The predicted molar refractivity (Wildman–Crippen MR) is 111 cm³/mol. The zero-order chi connectivity index (χ0) is 19.4. The monoisotopic (exact) mass is 388 g/mol. The minimum Gasteiger partial charge on any atom is -0.497 e. The summed E-state index contributed by atoms with van der Waals surface area (Å²) in [6.07, 6.45) is 5.45. The Morgan fingerprint density at radius 2 is 1.85 bits per heavy atom. The number of hydrogen-bond donors (Lipinski definition) is 0. The number of aromatic nitrogens is 2. The highest BCUT2D eigenvalue weighted by atomic mass is 35.5. The average molecular weight is 389 g/mol. The number of fused-ring (bicyclic) bond motifs is 1. The molecule has 0 N–H and O–H groups in total. The molecule has 0 amide bonds. The molecule has 0 atom stereocenters. The number of ether oxygens (including phenoxy) is 1. The van der Waals surface area contributed by atoms with Gasteiger partial charge < -0.3 is 19.0 Å². The summed E-state index contributed by atoms with van der Waals surface area (Å²) < 4.78 is 10.7. The molecular weight excluding hydrogens is 364 g/mol. The standard InChI is InChI=1S/C20H25ClN4O2/c1-5-9-25(10-6-2)19-15-12-27-13-17(15)22-20(23-19)24(3)18-8-7-14(26-4)11-16(18)21/h7-8,11-13H,5-6,9-10H2,1-4H3. The number of benzene rings is 1. The molecule has 0 radical (unpaired) electrons. The van der Waals surface area contributed by atoms with Crippen LogP contribution in [0, 0.1) is 0 Å². The molecular formula is C20H25ClN4O2. The Bertz CT molecular complexity index is 906. The van der Waals surface area contributed by atoms with Crippen LogP contribution >= 0.6 is 11.6 Å². The third-order valence-electron chi connectivity index (χ3n) is 4.41. The third kappa shape index (κ3) is 3.95. The van der Waals surface area contributed by atoms with Gasteiger partial charge in [0.25, 0.3) is 0 Å². The van der Waals surface area contributed by atoms with Crippen molar-refractivity contribution in [2.24, 2.45) is 0 Å². The summed E-state index contributed by atoms with van der Waals surface area (Å²) in [6.45, 7) is 6.19. The fraction of sp³-hybridized carbons (Fsp3) is 0.400. The molecule has 0 aliphatic rings. The minimum atomic E-state index is 0.572. The van der Waals surface area contributed by atoms with E-state index in [1.165, 1.54) is 0 Å². The molecule has 0 saturated heterocycles.